The Bertz CT molecular complexity index is 967. The third-order valence-electron chi connectivity index (χ3n) is 5.17. The summed E-state index contributed by atoms with van der Waals surface area (Å²) in [4.78, 5) is 41.5. The maximum absolute atomic E-state index is 12.7. The number of H-pyrrole nitrogens is 1. The van der Waals surface area contributed by atoms with Crippen molar-refractivity contribution in [1.82, 2.24) is 15.3 Å². The van der Waals surface area contributed by atoms with Crippen molar-refractivity contribution in [2.45, 2.75) is 50.5 Å². The Balaban J connectivity index is 1.96. The zero-order valence-electron chi connectivity index (χ0n) is 15.6. The molecule has 0 bridgehead atoms. The van der Waals surface area contributed by atoms with Crippen LogP contribution in [0.1, 0.15) is 55.6 Å². The summed E-state index contributed by atoms with van der Waals surface area (Å²) in [5, 5.41) is 34.0. The minimum atomic E-state index is -0.977. The van der Waals surface area contributed by atoms with Gasteiger partial charge in [-0.3, -0.25) is 19.7 Å². The van der Waals surface area contributed by atoms with Crippen LogP contribution in [0.25, 0.3) is 0 Å². The average Bonchev–Trinajstić information content (AvgIpc) is 2.68. The van der Waals surface area contributed by atoms with Gasteiger partial charge in [-0.25, -0.2) is 4.98 Å². The minimum Gasteiger partial charge on any atom is -0.502 e. The van der Waals surface area contributed by atoms with E-state index in [4.69, 9.17) is 0 Å². The van der Waals surface area contributed by atoms with Gasteiger partial charge in [0.2, 0.25) is 11.8 Å². The van der Waals surface area contributed by atoms with E-state index in [9.17, 15) is 29.9 Å². The molecule has 154 valence electrons. The number of aromatic hydroxyl groups is 2. The van der Waals surface area contributed by atoms with Crippen molar-refractivity contribution in [2.24, 2.45) is 0 Å². The second kappa shape index (κ2) is 8.72. The van der Waals surface area contributed by atoms with Crippen LogP contribution < -0.4 is 10.9 Å². The molecule has 1 aliphatic rings. The lowest BCUT2D eigenvalue weighted by atomic mass is 9.88. The molecule has 0 aliphatic heterocycles. The molecule has 10 heteroatoms. The minimum absolute atomic E-state index is 0.0480. The number of hydrogen-bond acceptors (Lipinski definition) is 7. The Morgan fingerprint density at radius 3 is 2.69 bits per heavy atom. The van der Waals surface area contributed by atoms with Crippen LogP contribution in [0.2, 0.25) is 0 Å². The molecule has 1 atom stereocenters. The van der Waals surface area contributed by atoms with E-state index in [-0.39, 0.29) is 29.5 Å². The molecule has 1 aromatic heterocycles. The first-order valence-electron chi connectivity index (χ1n) is 9.40. The summed E-state index contributed by atoms with van der Waals surface area (Å²) in [5.41, 5.74) is -1.13. The lowest BCUT2D eigenvalue weighted by Gasteiger charge is -2.24. The summed E-state index contributed by atoms with van der Waals surface area (Å²) < 4.78 is 0. The molecule has 2 aromatic rings. The van der Waals surface area contributed by atoms with Crippen LogP contribution in [-0.2, 0) is 4.79 Å². The number of rotatable bonds is 6. The Morgan fingerprint density at radius 1 is 1.31 bits per heavy atom. The standard InChI is InChI=1S/C19H22N4O6/c24-15-7-6-11(8-14(15)23(28)29)13(17-18(26)20-10-21-19(17)27)9-16(25)22-12-4-2-1-3-5-12/h6-8,10,12-13,24H,1-5,9H2,(H,22,25)(H2,20,21,26,27). The predicted molar refractivity (Wildman–Crippen MR) is 103 cm³/mol. The third kappa shape index (κ3) is 4.71. The largest absolute Gasteiger partial charge is 0.502 e. The van der Waals surface area contributed by atoms with Crippen LogP contribution in [-0.4, -0.2) is 37.1 Å². The monoisotopic (exact) mass is 402 g/mol. The van der Waals surface area contributed by atoms with E-state index in [1.165, 1.54) is 6.07 Å². The van der Waals surface area contributed by atoms with E-state index in [0.29, 0.717) is 0 Å². The number of phenols is 1. The molecule has 4 N–H and O–H groups in total. The van der Waals surface area contributed by atoms with Crippen LogP contribution in [0.15, 0.2) is 29.3 Å². The highest BCUT2D eigenvalue weighted by Crippen LogP contribution is 2.35. The van der Waals surface area contributed by atoms with Crippen LogP contribution >= 0.6 is 0 Å². The second-order valence-corrected chi connectivity index (χ2v) is 7.13. The molecule has 1 heterocycles. The smallest absolute Gasteiger partial charge is 0.310 e. The Morgan fingerprint density at radius 2 is 2.03 bits per heavy atom. The summed E-state index contributed by atoms with van der Waals surface area (Å²) in [7, 11) is 0. The molecule has 0 saturated heterocycles. The molecule has 1 unspecified atom stereocenters. The van der Waals surface area contributed by atoms with E-state index in [2.05, 4.69) is 15.3 Å². The second-order valence-electron chi connectivity index (χ2n) is 7.13. The molecular weight excluding hydrogens is 380 g/mol. The van der Waals surface area contributed by atoms with Gasteiger partial charge in [0.15, 0.2) is 5.75 Å². The average molecular weight is 402 g/mol. The number of nitro groups is 1. The Kier molecular flexibility index (Phi) is 6.10. The van der Waals surface area contributed by atoms with Crippen molar-refractivity contribution in [3.05, 3.63) is 56.1 Å². The predicted octanol–water partition coefficient (Wildman–Crippen LogP) is 2.06. The quantitative estimate of drug-likeness (QED) is 0.425. The van der Waals surface area contributed by atoms with Gasteiger partial charge in [0.1, 0.15) is 0 Å². The molecule has 29 heavy (non-hydrogen) atoms. The summed E-state index contributed by atoms with van der Waals surface area (Å²) in [5.74, 6) is -2.40. The Labute approximate surface area is 165 Å². The van der Waals surface area contributed by atoms with Crippen molar-refractivity contribution in [3.8, 4) is 11.6 Å². The highest BCUT2D eigenvalue weighted by molar-refractivity contribution is 5.78. The number of nitrogens with one attached hydrogen (secondary N) is 2. The fourth-order valence-corrected chi connectivity index (χ4v) is 3.72. The van der Waals surface area contributed by atoms with Crippen LogP contribution in [0, 0.1) is 10.1 Å². The molecule has 1 saturated carbocycles. The maximum atomic E-state index is 12.7. The van der Waals surface area contributed by atoms with Gasteiger partial charge in [0.05, 0.1) is 16.8 Å². The van der Waals surface area contributed by atoms with E-state index in [0.717, 1.165) is 50.6 Å². The van der Waals surface area contributed by atoms with E-state index in [1.807, 2.05) is 0 Å². The molecule has 0 spiro atoms. The summed E-state index contributed by atoms with van der Waals surface area (Å²) in [6, 6.07) is 3.65. The van der Waals surface area contributed by atoms with E-state index in [1.54, 1.807) is 0 Å². The third-order valence-corrected chi connectivity index (χ3v) is 5.17. The van der Waals surface area contributed by atoms with Gasteiger partial charge < -0.3 is 20.5 Å². The number of carbonyl (C=O) groups is 1. The fourth-order valence-electron chi connectivity index (χ4n) is 3.72. The molecule has 1 amide bonds. The van der Waals surface area contributed by atoms with Gasteiger partial charge in [0, 0.05) is 24.4 Å². The number of carbonyl (C=O) groups excluding carboxylic acids is 1. The van der Waals surface area contributed by atoms with Crippen LogP contribution in [0.3, 0.4) is 0 Å². The number of hydrogen-bond donors (Lipinski definition) is 4. The zero-order chi connectivity index (χ0) is 21.0. The van der Waals surface area contributed by atoms with Crippen molar-refractivity contribution in [2.75, 3.05) is 0 Å². The number of phenolic OH excluding ortho intramolecular Hbond substituents is 1. The number of benzene rings is 1. The lowest BCUT2D eigenvalue weighted by molar-refractivity contribution is -0.385. The molecule has 1 fully saturated rings. The van der Waals surface area contributed by atoms with Crippen LogP contribution in [0.4, 0.5) is 5.69 Å². The summed E-state index contributed by atoms with van der Waals surface area (Å²) >= 11 is 0. The zero-order valence-corrected chi connectivity index (χ0v) is 15.6. The highest BCUT2D eigenvalue weighted by Gasteiger charge is 2.28. The first-order valence-corrected chi connectivity index (χ1v) is 9.40. The maximum Gasteiger partial charge on any atom is 0.310 e. The number of amides is 1. The van der Waals surface area contributed by atoms with Crippen LogP contribution in [0.5, 0.6) is 11.6 Å². The topological polar surface area (TPSA) is 158 Å². The molecule has 1 aliphatic carbocycles. The lowest BCUT2D eigenvalue weighted by Crippen LogP contribution is -2.37. The first-order chi connectivity index (χ1) is 13.9. The SMILES string of the molecule is O=C(CC(c1ccc(O)c([N+](=O)[O-])c1)c1c(O)nc[nH]c1=O)NC1CCCCC1. The van der Waals surface area contributed by atoms with Gasteiger partial charge in [-0.15, -0.1) is 0 Å². The van der Waals surface area contributed by atoms with Gasteiger partial charge in [-0.2, -0.15) is 0 Å². The van der Waals surface area contributed by atoms with Gasteiger partial charge in [-0.05, 0) is 24.5 Å². The van der Waals surface area contributed by atoms with Crippen molar-refractivity contribution < 1.29 is 19.9 Å². The van der Waals surface area contributed by atoms with Gasteiger partial charge >= 0.3 is 5.69 Å². The van der Waals surface area contributed by atoms with Crippen molar-refractivity contribution >= 4 is 11.6 Å². The normalized spacial score (nSPS) is 15.6. The Hall–Kier alpha value is -3.43. The molecular formula is C19H22N4O6. The molecule has 10 nitrogen and oxygen atoms in total. The number of nitrogens with zero attached hydrogens (tertiary/aromatic N) is 2. The number of aromatic amines is 1. The van der Waals surface area contributed by atoms with E-state index >= 15 is 0 Å². The molecule has 1 aromatic carbocycles. The van der Waals surface area contributed by atoms with Crippen molar-refractivity contribution in [3.63, 3.8) is 0 Å². The highest BCUT2D eigenvalue weighted by atomic mass is 16.6. The van der Waals surface area contributed by atoms with Gasteiger partial charge in [0.25, 0.3) is 5.56 Å². The van der Waals surface area contributed by atoms with Crippen molar-refractivity contribution in [1.29, 1.82) is 0 Å². The number of nitro benzene ring substituents is 1. The first kappa shape index (κ1) is 20.3. The van der Waals surface area contributed by atoms with Gasteiger partial charge in [-0.1, -0.05) is 25.3 Å². The molecule has 3 rings (SSSR count). The van der Waals surface area contributed by atoms with E-state index < -0.39 is 33.7 Å². The summed E-state index contributed by atoms with van der Waals surface area (Å²) in [6.45, 7) is 0. The fraction of sp³-hybridized carbons (Fsp3) is 0.421. The number of aromatic nitrogens is 2. The summed E-state index contributed by atoms with van der Waals surface area (Å²) in [6.07, 6.45) is 5.76. The molecule has 0 radical (unpaired) electrons.